The highest BCUT2D eigenvalue weighted by Gasteiger charge is 2.04. The summed E-state index contributed by atoms with van der Waals surface area (Å²) in [6.07, 6.45) is 3.03. The summed E-state index contributed by atoms with van der Waals surface area (Å²) in [5, 5.41) is 11.5. The Morgan fingerprint density at radius 2 is 1.91 bits per heavy atom. The lowest BCUT2D eigenvalue weighted by Gasteiger charge is -2.03. The molecule has 22 heavy (non-hydrogen) atoms. The molecule has 0 unspecified atom stereocenters. The number of carbonyl (C=O) groups is 2. The number of benzene rings is 2. The van der Waals surface area contributed by atoms with E-state index in [0.717, 1.165) is 5.56 Å². The molecule has 0 aliphatic rings. The van der Waals surface area contributed by atoms with Crippen molar-refractivity contribution in [1.29, 1.82) is 0 Å². The molecule has 0 saturated carbocycles. The number of carboxylic acid groups (broad SMARTS) is 1. The Bertz CT molecular complexity index is 722. The van der Waals surface area contributed by atoms with Gasteiger partial charge in [-0.2, -0.15) is 0 Å². The highest BCUT2D eigenvalue weighted by molar-refractivity contribution is 6.02. The lowest BCUT2D eigenvalue weighted by Crippen LogP contribution is -2.08. The number of methoxy groups -OCH3 is 1. The van der Waals surface area contributed by atoms with E-state index in [1.54, 1.807) is 31.4 Å². The van der Waals surface area contributed by atoms with Crippen molar-refractivity contribution in [2.45, 2.75) is 0 Å². The molecule has 0 saturated heterocycles. The fourth-order valence-corrected chi connectivity index (χ4v) is 1.83. The zero-order chi connectivity index (χ0) is 15.9. The van der Waals surface area contributed by atoms with Gasteiger partial charge in [0, 0.05) is 11.8 Å². The molecule has 5 nitrogen and oxygen atoms in total. The zero-order valence-corrected chi connectivity index (χ0v) is 11.9. The van der Waals surface area contributed by atoms with Gasteiger partial charge < -0.3 is 15.2 Å². The lowest BCUT2D eigenvalue weighted by molar-refractivity contribution is -0.111. The van der Waals surface area contributed by atoms with Gasteiger partial charge in [-0.25, -0.2) is 4.79 Å². The summed E-state index contributed by atoms with van der Waals surface area (Å²) >= 11 is 0. The summed E-state index contributed by atoms with van der Waals surface area (Å²) in [7, 11) is 1.57. The first kappa shape index (κ1) is 15.3. The smallest absolute Gasteiger partial charge is 0.335 e. The van der Waals surface area contributed by atoms with E-state index in [9.17, 15) is 9.59 Å². The van der Waals surface area contributed by atoms with Gasteiger partial charge in [0.25, 0.3) is 0 Å². The van der Waals surface area contributed by atoms with Crippen LogP contribution in [0.25, 0.3) is 6.08 Å². The average Bonchev–Trinajstić information content (AvgIpc) is 2.53. The molecule has 0 spiro atoms. The monoisotopic (exact) mass is 297 g/mol. The van der Waals surface area contributed by atoms with E-state index in [2.05, 4.69) is 5.32 Å². The molecule has 0 atom stereocenters. The summed E-state index contributed by atoms with van der Waals surface area (Å²) in [6, 6.07) is 13.4. The molecule has 0 bridgehead atoms. The third-order valence-electron chi connectivity index (χ3n) is 2.90. The molecule has 0 fully saturated rings. The van der Waals surface area contributed by atoms with Crippen LogP contribution in [0.15, 0.2) is 54.6 Å². The molecule has 5 heteroatoms. The predicted molar refractivity (Wildman–Crippen MR) is 84.1 cm³/mol. The van der Waals surface area contributed by atoms with E-state index in [4.69, 9.17) is 9.84 Å². The highest BCUT2D eigenvalue weighted by Crippen LogP contribution is 2.14. The second-order valence-corrected chi connectivity index (χ2v) is 4.49. The molecule has 0 heterocycles. The van der Waals surface area contributed by atoms with Crippen molar-refractivity contribution in [3.05, 3.63) is 65.7 Å². The molecular weight excluding hydrogens is 282 g/mol. The number of aromatic carboxylic acids is 1. The number of carboxylic acids is 1. The van der Waals surface area contributed by atoms with Crippen LogP contribution < -0.4 is 10.1 Å². The van der Waals surface area contributed by atoms with Crippen LogP contribution in [0.2, 0.25) is 0 Å². The minimum Gasteiger partial charge on any atom is -0.497 e. The van der Waals surface area contributed by atoms with Gasteiger partial charge in [-0.05, 0) is 42.0 Å². The maximum absolute atomic E-state index is 11.8. The van der Waals surface area contributed by atoms with Crippen LogP contribution in [0.5, 0.6) is 5.75 Å². The number of ether oxygens (including phenoxy) is 1. The predicted octanol–water partition coefficient (Wildman–Crippen LogP) is 3.05. The molecule has 0 aliphatic carbocycles. The highest BCUT2D eigenvalue weighted by atomic mass is 16.5. The van der Waals surface area contributed by atoms with Crippen molar-refractivity contribution < 1.29 is 19.4 Å². The molecule has 0 radical (unpaired) electrons. The van der Waals surface area contributed by atoms with Crippen molar-refractivity contribution >= 4 is 23.6 Å². The largest absolute Gasteiger partial charge is 0.497 e. The summed E-state index contributed by atoms with van der Waals surface area (Å²) in [6.45, 7) is 0. The van der Waals surface area contributed by atoms with Gasteiger partial charge in [0.2, 0.25) is 5.91 Å². The second-order valence-electron chi connectivity index (χ2n) is 4.49. The third-order valence-corrected chi connectivity index (χ3v) is 2.90. The molecule has 2 N–H and O–H groups in total. The van der Waals surface area contributed by atoms with E-state index in [0.29, 0.717) is 11.4 Å². The summed E-state index contributed by atoms with van der Waals surface area (Å²) in [5.74, 6) is -0.676. The van der Waals surface area contributed by atoms with Gasteiger partial charge in [0.15, 0.2) is 0 Å². The van der Waals surface area contributed by atoms with Crippen molar-refractivity contribution in [3.8, 4) is 5.75 Å². The van der Waals surface area contributed by atoms with Crippen molar-refractivity contribution in [2.24, 2.45) is 0 Å². The normalized spacial score (nSPS) is 10.4. The standard InChI is InChI=1S/C17H15NO4/c1-22-15-7-2-4-12(10-15)8-9-16(19)18-14-6-3-5-13(11-14)17(20)21/h2-11H,1H3,(H,18,19)(H,20,21)/b9-8+. The molecule has 0 aliphatic heterocycles. The molecular formula is C17H15NO4. The number of anilines is 1. The summed E-state index contributed by atoms with van der Waals surface area (Å²) in [5.41, 5.74) is 1.38. The Labute approximate surface area is 127 Å². The van der Waals surface area contributed by atoms with Crippen molar-refractivity contribution in [1.82, 2.24) is 0 Å². The molecule has 2 rings (SSSR count). The van der Waals surface area contributed by atoms with Crippen molar-refractivity contribution in [3.63, 3.8) is 0 Å². The van der Waals surface area contributed by atoms with Gasteiger partial charge in [-0.3, -0.25) is 4.79 Å². The number of rotatable bonds is 5. The minimum absolute atomic E-state index is 0.120. The summed E-state index contributed by atoms with van der Waals surface area (Å²) < 4.78 is 5.10. The number of hydrogen-bond donors (Lipinski definition) is 2. The van der Waals surface area contributed by atoms with Crippen molar-refractivity contribution in [2.75, 3.05) is 12.4 Å². The molecule has 112 valence electrons. The number of carbonyl (C=O) groups excluding carboxylic acids is 1. The van der Waals surface area contributed by atoms with Gasteiger partial charge in [-0.15, -0.1) is 0 Å². The number of amides is 1. The quantitative estimate of drug-likeness (QED) is 0.832. The van der Waals surface area contributed by atoms with Gasteiger partial charge in [0.05, 0.1) is 12.7 Å². The Kier molecular flexibility index (Phi) is 4.93. The Balaban J connectivity index is 2.04. The van der Waals surface area contributed by atoms with E-state index in [1.807, 2.05) is 18.2 Å². The van der Waals surface area contributed by atoms with Crippen LogP contribution in [-0.4, -0.2) is 24.1 Å². The molecule has 0 aromatic heterocycles. The number of hydrogen-bond acceptors (Lipinski definition) is 3. The van der Waals surface area contributed by atoms with E-state index >= 15 is 0 Å². The van der Waals surface area contributed by atoms with E-state index in [1.165, 1.54) is 18.2 Å². The van der Waals surface area contributed by atoms with Gasteiger partial charge in [-0.1, -0.05) is 18.2 Å². The van der Waals surface area contributed by atoms with E-state index in [-0.39, 0.29) is 11.5 Å². The topological polar surface area (TPSA) is 75.6 Å². The van der Waals surface area contributed by atoms with Crippen LogP contribution in [0.3, 0.4) is 0 Å². The number of nitrogens with one attached hydrogen (secondary N) is 1. The van der Waals surface area contributed by atoms with E-state index < -0.39 is 5.97 Å². The first-order valence-electron chi connectivity index (χ1n) is 6.55. The SMILES string of the molecule is COc1cccc(/C=C/C(=O)Nc2cccc(C(=O)O)c2)c1. The first-order chi connectivity index (χ1) is 10.6. The van der Waals surface area contributed by atoms with Crippen LogP contribution in [-0.2, 0) is 4.79 Å². The van der Waals surface area contributed by atoms with Crippen LogP contribution in [0, 0.1) is 0 Å². The maximum Gasteiger partial charge on any atom is 0.335 e. The van der Waals surface area contributed by atoms with Crippen LogP contribution in [0.1, 0.15) is 15.9 Å². The lowest BCUT2D eigenvalue weighted by atomic mass is 10.2. The molecule has 2 aromatic carbocycles. The fourth-order valence-electron chi connectivity index (χ4n) is 1.83. The van der Waals surface area contributed by atoms with Gasteiger partial charge in [0.1, 0.15) is 5.75 Å². The minimum atomic E-state index is -1.04. The Morgan fingerprint density at radius 1 is 1.14 bits per heavy atom. The van der Waals surface area contributed by atoms with Crippen LogP contribution in [0.4, 0.5) is 5.69 Å². The molecule has 2 aromatic rings. The average molecular weight is 297 g/mol. The maximum atomic E-state index is 11.8. The summed E-state index contributed by atoms with van der Waals surface area (Å²) in [4.78, 5) is 22.7. The Hall–Kier alpha value is -3.08. The second kappa shape index (κ2) is 7.08. The van der Waals surface area contributed by atoms with Gasteiger partial charge >= 0.3 is 5.97 Å². The Morgan fingerprint density at radius 3 is 2.64 bits per heavy atom. The van der Waals surface area contributed by atoms with Crippen LogP contribution >= 0.6 is 0 Å². The molecule has 1 amide bonds. The zero-order valence-electron chi connectivity index (χ0n) is 11.9. The fraction of sp³-hybridized carbons (Fsp3) is 0.0588. The third kappa shape index (κ3) is 4.21. The first-order valence-corrected chi connectivity index (χ1v) is 6.55.